The van der Waals surface area contributed by atoms with E-state index in [1.54, 1.807) is 12.1 Å². The van der Waals surface area contributed by atoms with Crippen LogP contribution in [0.15, 0.2) is 42.6 Å². The summed E-state index contributed by atoms with van der Waals surface area (Å²) in [5.41, 5.74) is -0.958. The second kappa shape index (κ2) is 13.9. The van der Waals surface area contributed by atoms with Crippen LogP contribution in [0.4, 0.5) is 33.3 Å². The lowest BCUT2D eigenvalue weighted by molar-refractivity contribution is -0.138. The number of hydrogen-bond acceptors (Lipinski definition) is 6. The van der Waals surface area contributed by atoms with Crippen molar-refractivity contribution in [1.82, 2.24) is 15.2 Å². The van der Waals surface area contributed by atoms with Gasteiger partial charge < -0.3 is 20.3 Å². The number of nitrogens with zero attached hydrogens (tertiary/aromatic N) is 3. The van der Waals surface area contributed by atoms with Crippen molar-refractivity contribution in [3.8, 4) is 17.0 Å². The molecule has 2 heterocycles. The molecule has 3 aromatic rings. The van der Waals surface area contributed by atoms with Crippen molar-refractivity contribution < 1.29 is 31.5 Å². The van der Waals surface area contributed by atoms with Crippen molar-refractivity contribution in [3.05, 3.63) is 70.9 Å². The van der Waals surface area contributed by atoms with Crippen molar-refractivity contribution in [2.45, 2.75) is 76.8 Å². The molecule has 0 bridgehead atoms. The van der Waals surface area contributed by atoms with Gasteiger partial charge in [0, 0.05) is 50.0 Å². The Balaban J connectivity index is 1.50. The fraction of sp³-hybridized carbons (Fsp3) is 0.471. The van der Waals surface area contributed by atoms with E-state index in [4.69, 9.17) is 4.74 Å². The van der Waals surface area contributed by atoms with Gasteiger partial charge in [0.25, 0.3) is 5.91 Å². The average Bonchev–Trinajstić information content (AvgIpc) is 3.02. The molecule has 12 heteroatoms. The summed E-state index contributed by atoms with van der Waals surface area (Å²) in [6, 6.07) is 8.43. The Morgan fingerprint density at radius 3 is 2.26 bits per heavy atom. The second-order valence-corrected chi connectivity index (χ2v) is 12.4. The highest BCUT2D eigenvalue weighted by Crippen LogP contribution is 2.38. The molecule has 1 aliphatic heterocycles. The van der Waals surface area contributed by atoms with Crippen LogP contribution in [0.3, 0.4) is 0 Å². The maximum Gasteiger partial charge on any atom is 0.417 e. The van der Waals surface area contributed by atoms with Crippen LogP contribution in [0.25, 0.3) is 11.1 Å². The molecule has 2 aromatic carbocycles. The zero-order valence-corrected chi connectivity index (χ0v) is 26.5. The van der Waals surface area contributed by atoms with Gasteiger partial charge in [-0.15, -0.1) is 0 Å². The number of amides is 1. The van der Waals surface area contributed by atoms with Crippen LogP contribution in [-0.2, 0) is 12.7 Å². The minimum atomic E-state index is -4.87. The molecular weight excluding hydrogens is 605 g/mol. The van der Waals surface area contributed by atoms with Gasteiger partial charge in [-0.3, -0.25) is 9.69 Å². The molecule has 0 spiro atoms. The normalized spacial score (nSPS) is 19.7. The van der Waals surface area contributed by atoms with Crippen LogP contribution in [0.2, 0.25) is 0 Å². The van der Waals surface area contributed by atoms with Gasteiger partial charge in [-0.2, -0.15) is 13.2 Å². The Hall–Kier alpha value is -3.77. The van der Waals surface area contributed by atoms with Gasteiger partial charge in [0.15, 0.2) is 0 Å². The molecule has 1 aromatic heterocycles. The number of carbonyl (C=O) groups is 1. The number of rotatable bonds is 8. The lowest BCUT2D eigenvalue weighted by atomic mass is 9.95. The van der Waals surface area contributed by atoms with Gasteiger partial charge in [-0.1, -0.05) is 25.3 Å². The van der Waals surface area contributed by atoms with E-state index in [1.165, 1.54) is 31.7 Å². The van der Waals surface area contributed by atoms with Crippen molar-refractivity contribution in [3.63, 3.8) is 0 Å². The topological polar surface area (TPSA) is 69.7 Å². The summed E-state index contributed by atoms with van der Waals surface area (Å²) in [5.74, 6) is -2.91. The molecule has 1 saturated heterocycles. The first-order valence-corrected chi connectivity index (χ1v) is 15.6. The summed E-state index contributed by atoms with van der Waals surface area (Å²) in [6.45, 7) is 5.54. The molecule has 1 aliphatic carbocycles. The van der Waals surface area contributed by atoms with Crippen LogP contribution in [0, 0.1) is 11.6 Å². The van der Waals surface area contributed by atoms with Crippen LogP contribution in [0.5, 0.6) is 5.88 Å². The van der Waals surface area contributed by atoms with E-state index in [-0.39, 0.29) is 34.8 Å². The number of methoxy groups -OCH3 is 1. The first-order chi connectivity index (χ1) is 21.8. The van der Waals surface area contributed by atoms with E-state index in [0.717, 1.165) is 31.9 Å². The van der Waals surface area contributed by atoms with Crippen LogP contribution in [-0.4, -0.2) is 61.2 Å². The van der Waals surface area contributed by atoms with Crippen molar-refractivity contribution in [1.29, 1.82) is 0 Å². The fourth-order valence-electron chi connectivity index (χ4n) is 6.39. The molecule has 1 saturated carbocycles. The Bertz CT molecular complexity index is 1520. The number of alkyl halides is 3. The number of piperazine rings is 1. The predicted octanol–water partition coefficient (Wildman–Crippen LogP) is 7.26. The summed E-state index contributed by atoms with van der Waals surface area (Å²) >= 11 is 0. The largest absolute Gasteiger partial charge is 0.481 e. The Morgan fingerprint density at radius 2 is 1.65 bits per heavy atom. The number of halogens is 5. The smallest absolute Gasteiger partial charge is 0.417 e. The van der Waals surface area contributed by atoms with E-state index in [9.17, 15) is 18.0 Å². The lowest BCUT2D eigenvalue weighted by Gasteiger charge is -2.44. The van der Waals surface area contributed by atoms with Gasteiger partial charge in [0.2, 0.25) is 5.88 Å². The number of pyridine rings is 1. The Morgan fingerprint density at radius 1 is 1.00 bits per heavy atom. The number of benzene rings is 2. The lowest BCUT2D eigenvalue weighted by Crippen LogP contribution is -2.55. The fourth-order valence-corrected chi connectivity index (χ4v) is 6.39. The highest BCUT2D eigenvalue weighted by atomic mass is 19.4. The van der Waals surface area contributed by atoms with E-state index in [1.807, 2.05) is 25.8 Å². The van der Waals surface area contributed by atoms with Crippen LogP contribution < -0.4 is 20.3 Å². The standard InChI is InChI=1S/C34H40F5N5O2/c1-20-18-44(19-21(2)43(20)3)30-11-10-23(32-27(35)12-22(13-28(32)36)16-40-24-8-6-5-7-9-24)14-29(30)42-33(45)25-17-41-31(46-4)15-26(25)34(37,38)39/h10-15,17,20-21,24,40H,5-9,16,18-19H2,1-4H3,(H,42,45)/t20-,21+. The van der Waals surface area contributed by atoms with Crippen LogP contribution >= 0.6 is 0 Å². The summed E-state index contributed by atoms with van der Waals surface area (Å²) in [4.78, 5) is 21.5. The number of likely N-dealkylation sites (N-methyl/N-ethyl adjacent to an activating group) is 1. The second-order valence-electron chi connectivity index (χ2n) is 12.4. The van der Waals surface area contributed by atoms with Crippen molar-refractivity contribution >= 4 is 17.3 Å². The van der Waals surface area contributed by atoms with Gasteiger partial charge >= 0.3 is 6.18 Å². The number of nitrogens with one attached hydrogen (secondary N) is 2. The molecule has 2 aliphatic rings. The third-order valence-corrected chi connectivity index (χ3v) is 9.17. The monoisotopic (exact) mass is 645 g/mol. The third kappa shape index (κ3) is 7.44. The molecule has 248 valence electrons. The molecular formula is C34H40F5N5O2. The predicted molar refractivity (Wildman–Crippen MR) is 168 cm³/mol. The minimum absolute atomic E-state index is 0.122. The third-order valence-electron chi connectivity index (χ3n) is 9.17. The molecule has 2 fully saturated rings. The molecule has 2 atom stereocenters. The van der Waals surface area contributed by atoms with E-state index >= 15 is 8.78 Å². The zero-order chi connectivity index (χ0) is 33.2. The van der Waals surface area contributed by atoms with E-state index < -0.39 is 34.8 Å². The molecule has 7 nitrogen and oxygen atoms in total. The molecule has 1 amide bonds. The first-order valence-electron chi connectivity index (χ1n) is 15.6. The van der Waals surface area contributed by atoms with Crippen molar-refractivity contribution in [2.75, 3.05) is 37.5 Å². The van der Waals surface area contributed by atoms with Gasteiger partial charge in [0.05, 0.1) is 35.2 Å². The molecule has 46 heavy (non-hydrogen) atoms. The average molecular weight is 646 g/mol. The highest BCUT2D eigenvalue weighted by Gasteiger charge is 2.37. The maximum absolute atomic E-state index is 15.6. The van der Waals surface area contributed by atoms with Crippen LogP contribution in [0.1, 0.15) is 67.4 Å². The molecule has 0 radical (unpaired) electrons. The molecule has 5 rings (SSSR count). The van der Waals surface area contributed by atoms with E-state index in [0.29, 0.717) is 43.0 Å². The molecule has 2 N–H and O–H groups in total. The SMILES string of the molecule is COc1cc(C(F)(F)F)c(C(=O)Nc2cc(-c3c(F)cc(CNC4CCCCC4)cc3F)ccc2N2C[C@@H](C)N(C)[C@@H](C)C2)cn1. The van der Waals surface area contributed by atoms with Gasteiger partial charge in [0.1, 0.15) is 11.6 Å². The number of ether oxygens (including phenoxy) is 1. The number of carbonyl (C=O) groups excluding carboxylic acids is 1. The minimum Gasteiger partial charge on any atom is -0.481 e. The number of hydrogen-bond donors (Lipinski definition) is 2. The van der Waals surface area contributed by atoms with E-state index in [2.05, 4.69) is 20.5 Å². The maximum atomic E-state index is 15.6. The molecule has 0 unspecified atom stereocenters. The summed E-state index contributed by atoms with van der Waals surface area (Å²) < 4.78 is 77.8. The zero-order valence-electron chi connectivity index (χ0n) is 26.5. The number of aromatic nitrogens is 1. The van der Waals surface area contributed by atoms with Gasteiger partial charge in [-0.25, -0.2) is 13.8 Å². The number of anilines is 2. The summed E-state index contributed by atoms with van der Waals surface area (Å²) in [6.07, 6.45) is 1.47. The summed E-state index contributed by atoms with van der Waals surface area (Å²) in [7, 11) is 3.18. The Kier molecular flexibility index (Phi) is 10.2. The highest BCUT2D eigenvalue weighted by molar-refractivity contribution is 6.07. The first kappa shape index (κ1) is 33.6. The quantitative estimate of drug-likeness (QED) is 0.252. The Labute approximate surface area is 266 Å². The van der Waals surface area contributed by atoms with Gasteiger partial charge in [-0.05, 0) is 69.1 Å². The summed E-state index contributed by atoms with van der Waals surface area (Å²) in [5, 5.41) is 5.99. The van der Waals surface area contributed by atoms with Crippen molar-refractivity contribution in [2.24, 2.45) is 0 Å².